The van der Waals surface area contributed by atoms with E-state index in [2.05, 4.69) is 21.1 Å². The van der Waals surface area contributed by atoms with Gasteiger partial charge in [0.2, 0.25) is 0 Å². The summed E-state index contributed by atoms with van der Waals surface area (Å²) < 4.78 is 0.988. The summed E-state index contributed by atoms with van der Waals surface area (Å²) in [4.78, 5) is 17.6. The van der Waals surface area contributed by atoms with Crippen LogP contribution in [0, 0.1) is 5.92 Å². The van der Waals surface area contributed by atoms with E-state index in [1.54, 1.807) is 24.3 Å². The van der Waals surface area contributed by atoms with Gasteiger partial charge in [-0.15, -0.1) is 0 Å². The third-order valence-corrected chi connectivity index (χ3v) is 5.60. The second-order valence-corrected chi connectivity index (χ2v) is 8.08. The maximum atomic E-state index is 12.3. The highest BCUT2D eigenvalue weighted by Crippen LogP contribution is 2.49. The van der Waals surface area contributed by atoms with E-state index in [1.165, 1.54) is 5.56 Å². The zero-order chi connectivity index (χ0) is 19.5. The number of carbonyl (C=O) groups excluding carboxylic acids is 1. The van der Waals surface area contributed by atoms with Gasteiger partial charge in [0.25, 0.3) is 0 Å². The summed E-state index contributed by atoms with van der Waals surface area (Å²) in [7, 11) is 0. The van der Waals surface area contributed by atoms with Crippen molar-refractivity contribution in [1.29, 1.82) is 0 Å². The van der Waals surface area contributed by atoms with Gasteiger partial charge in [-0.1, -0.05) is 75.2 Å². The Morgan fingerprint density at radius 1 is 0.929 bits per heavy atom. The van der Waals surface area contributed by atoms with Crippen molar-refractivity contribution < 1.29 is 9.63 Å². The fraction of sp³-hybridized carbons (Fsp3) is 0.130. The van der Waals surface area contributed by atoms with Crippen LogP contribution in [0.15, 0.2) is 88.5 Å². The molecule has 0 heterocycles. The van der Waals surface area contributed by atoms with Crippen LogP contribution in [0.4, 0.5) is 0 Å². The monoisotopic (exact) mass is 453 g/mol. The Labute approximate surface area is 177 Å². The summed E-state index contributed by atoms with van der Waals surface area (Å²) >= 11 is 9.46. The van der Waals surface area contributed by atoms with Crippen molar-refractivity contribution >= 4 is 39.2 Å². The Morgan fingerprint density at radius 3 is 2.29 bits per heavy atom. The van der Waals surface area contributed by atoms with Crippen LogP contribution in [0.3, 0.4) is 0 Å². The molecular formula is C23H17BrClNO2. The Bertz CT molecular complexity index is 1000. The molecule has 5 heteroatoms. The zero-order valence-corrected chi connectivity index (χ0v) is 17.2. The Balaban J connectivity index is 1.59. The number of rotatable bonds is 5. The summed E-state index contributed by atoms with van der Waals surface area (Å²) in [6.45, 7) is 0. The van der Waals surface area contributed by atoms with Crippen molar-refractivity contribution in [2.45, 2.75) is 12.3 Å². The molecule has 3 aromatic carbocycles. The van der Waals surface area contributed by atoms with Crippen LogP contribution < -0.4 is 0 Å². The van der Waals surface area contributed by atoms with E-state index in [1.807, 2.05) is 54.6 Å². The first-order valence-corrected chi connectivity index (χ1v) is 10.1. The van der Waals surface area contributed by atoms with Gasteiger partial charge in [-0.05, 0) is 59.9 Å². The van der Waals surface area contributed by atoms with Crippen molar-refractivity contribution in [3.63, 3.8) is 0 Å². The van der Waals surface area contributed by atoms with Crippen molar-refractivity contribution in [2.75, 3.05) is 0 Å². The molecule has 0 unspecified atom stereocenters. The van der Waals surface area contributed by atoms with E-state index in [-0.39, 0.29) is 5.92 Å². The van der Waals surface area contributed by atoms with E-state index in [9.17, 15) is 4.79 Å². The first-order chi connectivity index (χ1) is 13.6. The minimum Gasteiger partial charge on any atom is -0.313 e. The van der Waals surface area contributed by atoms with Gasteiger partial charge in [0.1, 0.15) is 0 Å². The highest BCUT2D eigenvalue weighted by molar-refractivity contribution is 9.10. The molecule has 0 spiro atoms. The molecule has 2 atom stereocenters. The van der Waals surface area contributed by atoms with Crippen LogP contribution in [0.2, 0.25) is 5.02 Å². The lowest BCUT2D eigenvalue weighted by atomic mass is 10.0. The lowest BCUT2D eigenvalue weighted by Gasteiger charge is -2.07. The number of benzene rings is 3. The van der Waals surface area contributed by atoms with Gasteiger partial charge in [-0.25, -0.2) is 4.79 Å². The summed E-state index contributed by atoms with van der Waals surface area (Å²) in [6, 6.07) is 24.7. The lowest BCUT2D eigenvalue weighted by Crippen LogP contribution is -2.09. The fourth-order valence-corrected chi connectivity index (χ4v) is 3.64. The molecule has 0 aromatic heterocycles. The molecule has 0 amide bonds. The quantitative estimate of drug-likeness (QED) is 0.252. The maximum absolute atomic E-state index is 12.3. The number of carbonyl (C=O) groups is 1. The average Bonchev–Trinajstić information content (AvgIpc) is 3.51. The molecule has 0 N–H and O–H groups in total. The largest absolute Gasteiger partial charge is 0.365 e. The molecule has 1 aliphatic carbocycles. The number of oxime groups is 1. The molecule has 28 heavy (non-hydrogen) atoms. The molecule has 1 aliphatic rings. The predicted molar refractivity (Wildman–Crippen MR) is 115 cm³/mol. The lowest BCUT2D eigenvalue weighted by molar-refractivity contribution is 0.0515. The van der Waals surface area contributed by atoms with Gasteiger partial charge < -0.3 is 4.84 Å². The maximum Gasteiger partial charge on any atom is 0.365 e. The van der Waals surface area contributed by atoms with Crippen molar-refractivity contribution in [3.8, 4) is 0 Å². The van der Waals surface area contributed by atoms with Gasteiger partial charge in [-0.3, -0.25) is 0 Å². The molecule has 4 rings (SSSR count). The van der Waals surface area contributed by atoms with E-state index in [0.717, 1.165) is 27.2 Å². The number of halogens is 2. The van der Waals surface area contributed by atoms with Gasteiger partial charge >= 0.3 is 5.97 Å². The molecule has 0 aliphatic heterocycles. The van der Waals surface area contributed by atoms with Crippen molar-refractivity contribution in [2.24, 2.45) is 11.1 Å². The molecule has 140 valence electrons. The molecule has 3 nitrogen and oxygen atoms in total. The number of hydrogen-bond donors (Lipinski definition) is 0. The first kappa shape index (κ1) is 18.9. The van der Waals surface area contributed by atoms with Gasteiger partial charge in [0.05, 0.1) is 11.3 Å². The van der Waals surface area contributed by atoms with Crippen LogP contribution in [0.5, 0.6) is 0 Å². The zero-order valence-electron chi connectivity index (χ0n) is 14.9. The molecule has 0 saturated heterocycles. The van der Waals surface area contributed by atoms with E-state index < -0.39 is 5.97 Å². The Hall–Kier alpha value is -2.43. The van der Waals surface area contributed by atoms with E-state index in [4.69, 9.17) is 16.4 Å². The van der Waals surface area contributed by atoms with Crippen LogP contribution >= 0.6 is 27.5 Å². The summed E-state index contributed by atoms with van der Waals surface area (Å²) in [5.74, 6) is 0.0833. The van der Waals surface area contributed by atoms with Crippen LogP contribution in [-0.4, -0.2) is 11.7 Å². The second-order valence-electron chi connectivity index (χ2n) is 6.73. The van der Waals surface area contributed by atoms with Crippen molar-refractivity contribution in [1.82, 2.24) is 0 Å². The Kier molecular flexibility index (Phi) is 5.60. The summed E-state index contributed by atoms with van der Waals surface area (Å²) in [6.07, 6.45) is 0.958. The standard InChI is InChI=1S/C23H17BrClNO2/c24-18-10-6-16(7-11-18)22(26-28-23(27)17-4-2-1-3-5-17)21-14-20(21)15-8-12-19(25)13-9-15/h1-13,20-21H,14H2/b26-22-/t20-,21-/m0/s1. The number of nitrogens with zero attached hydrogens (tertiary/aromatic N) is 1. The topological polar surface area (TPSA) is 38.7 Å². The molecule has 3 aromatic rings. The third kappa shape index (κ3) is 4.34. The highest BCUT2D eigenvalue weighted by Gasteiger charge is 2.43. The summed E-state index contributed by atoms with van der Waals surface area (Å²) in [5, 5.41) is 5.00. The predicted octanol–water partition coefficient (Wildman–Crippen LogP) is 6.47. The van der Waals surface area contributed by atoms with E-state index in [0.29, 0.717) is 11.5 Å². The fourth-order valence-electron chi connectivity index (χ4n) is 3.25. The molecule has 0 radical (unpaired) electrons. The van der Waals surface area contributed by atoms with Crippen LogP contribution in [0.25, 0.3) is 0 Å². The van der Waals surface area contributed by atoms with Gasteiger partial charge in [0.15, 0.2) is 0 Å². The molecule has 1 saturated carbocycles. The minimum absolute atomic E-state index is 0.200. The molecule has 1 fully saturated rings. The number of hydrogen-bond acceptors (Lipinski definition) is 3. The normalized spacial score (nSPS) is 18.6. The summed E-state index contributed by atoms with van der Waals surface area (Å²) in [5.41, 5.74) is 3.43. The average molecular weight is 455 g/mol. The SMILES string of the molecule is O=C(O/N=C(/c1ccc(Br)cc1)[C@H]1C[C@H]1c1ccc(Cl)cc1)c1ccccc1. The minimum atomic E-state index is -0.459. The van der Waals surface area contributed by atoms with Crippen molar-refractivity contribution in [3.05, 3.63) is 105 Å². The second kappa shape index (κ2) is 8.29. The first-order valence-electron chi connectivity index (χ1n) is 8.97. The van der Waals surface area contributed by atoms with Gasteiger partial charge in [0, 0.05) is 15.4 Å². The van der Waals surface area contributed by atoms with Crippen LogP contribution in [-0.2, 0) is 4.84 Å². The van der Waals surface area contributed by atoms with Crippen LogP contribution in [0.1, 0.15) is 33.8 Å². The van der Waals surface area contributed by atoms with Gasteiger partial charge in [-0.2, -0.15) is 0 Å². The Morgan fingerprint density at radius 2 is 1.61 bits per heavy atom. The highest BCUT2D eigenvalue weighted by atomic mass is 79.9. The molecular weight excluding hydrogens is 438 g/mol. The third-order valence-electron chi connectivity index (χ3n) is 4.82. The smallest absolute Gasteiger partial charge is 0.313 e. The molecule has 0 bridgehead atoms. The van der Waals surface area contributed by atoms with E-state index >= 15 is 0 Å².